The molecule has 3 amide bonds. The van der Waals surface area contributed by atoms with Crippen molar-refractivity contribution >= 4 is 34.2 Å². The molecule has 0 fully saturated rings. The average Bonchev–Trinajstić information content (AvgIpc) is 2.94. The highest BCUT2D eigenvalue weighted by Crippen LogP contribution is 2.16. The van der Waals surface area contributed by atoms with Crippen LogP contribution in [0.25, 0.3) is 0 Å². The lowest BCUT2D eigenvalue weighted by Crippen LogP contribution is -2.57. The molecule has 0 aliphatic rings. The van der Waals surface area contributed by atoms with Gasteiger partial charge in [0.2, 0.25) is 0 Å². The van der Waals surface area contributed by atoms with E-state index >= 15 is 0 Å². The number of hydrogen-bond donors (Lipinski definition) is 0. The van der Waals surface area contributed by atoms with Gasteiger partial charge in [0.25, 0.3) is 0 Å². The molecule has 8 nitrogen and oxygen atoms in total. The highest BCUT2D eigenvalue weighted by Gasteiger charge is 2.38. The smallest absolute Gasteiger partial charge is 0.421 e. The van der Waals surface area contributed by atoms with Crippen molar-refractivity contribution in [2.24, 2.45) is 0 Å². The number of rotatable bonds is 10. The molecular formula is C28H36B2N2O6. The van der Waals surface area contributed by atoms with E-state index in [0.29, 0.717) is 13.0 Å². The predicted molar refractivity (Wildman–Crippen MR) is 151 cm³/mol. The summed E-state index contributed by atoms with van der Waals surface area (Å²) in [6, 6.07) is 28.3. The number of carbonyl (C=O) groups is 3. The third-order valence-corrected chi connectivity index (χ3v) is 5.24. The van der Waals surface area contributed by atoms with Gasteiger partial charge >= 0.3 is 18.3 Å². The van der Waals surface area contributed by atoms with Crippen LogP contribution in [0.2, 0.25) is 0 Å². The van der Waals surface area contributed by atoms with E-state index in [-0.39, 0.29) is 36.9 Å². The van der Waals surface area contributed by atoms with Gasteiger partial charge in [-0.25, -0.2) is 0 Å². The zero-order valence-corrected chi connectivity index (χ0v) is 20.2. The molecule has 38 heavy (non-hydrogen) atoms. The highest BCUT2D eigenvalue weighted by molar-refractivity contribution is 6.10. The van der Waals surface area contributed by atoms with Crippen molar-refractivity contribution in [3.05, 3.63) is 108 Å². The molecule has 0 saturated heterocycles. The summed E-state index contributed by atoms with van der Waals surface area (Å²) in [7, 11) is 0.472. The summed E-state index contributed by atoms with van der Waals surface area (Å²) in [6.45, 7) is 1.14. The summed E-state index contributed by atoms with van der Waals surface area (Å²) in [6.07, 6.45) is -0.953. The van der Waals surface area contributed by atoms with Gasteiger partial charge in [0.1, 0.15) is 19.8 Å². The van der Waals surface area contributed by atoms with Crippen LogP contribution in [-0.2, 0) is 34.0 Å². The number of carbonyl (C=O) groups excluding carboxylic acids is 3. The van der Waals surface area contributed by atoms with Crippen molar-refractivity contribution < 1.29 is 37.4 Å². The highest BCUT2D eigenvalue weighted by atomic mass is 16.6. The molecule has 10 heteroatoms. The molecule has 3 aromatic rings. The molecule has 0 aliphatic carbocycles. The molecule has 0 aliphatic heterocycles. The number of hydrogen-bond acceptors (Lipinski definition) is 6. The summed E-state index contributed by atoms with van der Waals surface area (Å²) in [5, 5.41) is 0. The third-order valence-electron chi connectivity index (χ3n) is 5.24. The van der Waals surface area contributed by atoms with E-state index in [9.17, 15) is 14.4 Å². The van der Waals surface area contributed by atoms with Crippen LogP contribution in [0.1, 0.15) is 23.1 Å². The first-order valence-corrected chi connectivity index (χ1v) is 11.6. The quantitative estimate of drug-likeness (QED) is 0.303. The van der Waals surface area contributed by atoms with Crippen molar-refractivity contribution in [3.8, 4) is 0 Å². The van der Waals surface area contributed by atoms with Crippen molar-refractivity contribution in [2.75, 3.05) is 20.1 Å². The zero-order chi connectivity index (χ0) is 27.4. The molecule has 1 unspecified atom stereocenters. The summed E-state index contributed by atoms with van der Waals surface area (Å²) in [4.78, 5) is 39.4. The van der Waals surface area contributed by atoms with Crippen LogP contribution in [-0.4, -0.2) is 63.2 Å². The van der Waals surface area contributed by atoms with Crippen LogP contribution >= 0.6 is 0 Å². The van der Waals surface area contributed by atoms with Gasteiger partial charge in [-0.1, -0.05) is 91.0 Å². The Morgan fingerprint density at radius 2 is 0.921 bits per heavy atom. The Balaban J connectivity index is 1.62. The monoisotopic (exact) mass is 518 g/mol. The first-order valence-electron chi connectivity index (χ1n) is 11.6. The number of benzene rings is 3. The predicted octanol–water partition coefficient (Wildman–Crippen LogP) is 3.21. The summed E-state index contributed by atoms with van der Waals surface area (Å²) in [5.74, 6) is 0. The minimum Gasteiger partial charge on any atom is -0.421 e. The summed E-state index contributed by atoms with van der Waals surface area (Å²) in [5.41, 5.74) is 2.63. The van der Waals surface area contributed by atoms with E-state index in [2.05, 4.69) is 0 Å². The second kappa shape index (κ2) is 13.6. The topological polar surface area (TPSA) is 78.9 Å². The summed E-state index contributed by atoms with van der Waals surface area (Å²) >= 11 is 0. The standard InChI is InChI=1S/C28H36B2N2O6/c1-31(29,26(33)36-20-23-12-5-2-6-13-23)18-11-19-32(30,27(34)37-21-24-14-7-3-8-15-24)28(35)38-22-25-16-9-4-10-17-25/h2-10,12-17H,11,18-22H2,1,29-30H3. The molecule has 0 radical (unpaired) electrons. The number of nitrogens with zero attached hydrogens (tertiary/aromatic N) is 2. The Kier molecular flexibility index (Phi) is 10.3. The van der Waals surface area contributed by atoms with Crippen molar-refractivity contribution in [1.82, 2.24) is 0 Å². The van der Waals surface area contributed by atoms with Gasteiger partial charge in [-0.15, -0.1) is 0 Å². The van der Waals surface area contributed by atoms with Crippen molar-refractivity contribution in [2.45, 2.75) is 26.2 Å². The second-order valence-electron chi connectivity index (χ2n) is 8.05. The maximum Gasteiger partial charge on any atom is 0.479 e. The van der Waals surface area contributed by atoms with Crippen LogP contribution < -0.4 is 0 Å². The first-order chi connectivity index (χ1) is 18.2. The average molecular weight is 518 g/mol. The SMILES string of the molecule is [BH3-][N+](C)(CCC[N+]([BH3-])(C(=O)OCc1ccccc1)C(=O)OCc1ccccc1)C(=O)OCc1ccccc1. The van der Waals surface area contributed by atoms with Crippen LogP contribution in [0.4, 0.5) is 14.4 Å². The van der Waals surface area contributed by atoms with E-state index in [1.165, 1.54) is 0 Å². The molecule has 0 heterocycles. The van der Waals surface area contributed by atoms with E-state index in [1.54, 1.807) is 0 Å². The van der Waals surface area contributed by atoms with Crippen LogP contribution in [0.15, 0.2) is 91.0 Å². The van der Waals surface area contributed by atoms with Gasteiger partial charge in [-0.05, 0) is 16.7 Å². The Morgan fingerprint density at radius 1 is 0.579 bits per heavy atom. The lowest BCUT2D eigenvalue weighted by atomic mass is 10.1. The van der Waals surface area contributed by atoms with Gasteiger partial charge in [0.05, 0.1) is 13.1 Å². The van der Waals surface area contributed by atoms with Gasteiger partial charge in [-0.3, -0.25) is 0 Å². The van der Waals surface area contributed by atoms with E-state index in [1.807, 2.05) is 98.0 Å². The Labute approximate surface area is 225 Å². The van der Waals surface area contributed by atoms with Gasteiger partial charge in [0.15, 0.2) is 16.0 Å². The molecule has 0 aromatic heterocycles. The molecule has 3 aromatic carbocycles. The molecule has 3 rings (SSSR count). The van der Waals surface area contributed by atoms with Crippen molar-refractivity contribution in [1.29, 1.82) is 0 Å². The number of quaternary nitrogens is 2. The van der Waals surface area contributed by atoms with Gasteiger partial charge < -0.3 is 23.0 Å². The molecule has 1 atom stereocenters. The molecule has 0 N–H and O–H groups in total. The number of ether oxygens (including phenoxy) is 3. The van der Waals surface area contributed by atoms with Gasteiger partial charge in [-0.2, -0.15) is 14.4 Å². The normalized spacial score (nSPS) is 12.7. The first kappa shape index (κ1) is 28.7. The largest absolute Gasteiger partial charge is 0.479 e. The number of imide groups is 1. The second-order valence-corrected chi connectivity index (χ2v) is 8.05. The lowest BCUT2D eigenvalue weighted by Gasteiger charge is -2.37. The fourth-order valence-corrected chi connectivity index (χ4v) is 3.24. The third kappa shape index (κ3) is 8.33. The minimum absolute atomic E-state index is 0.0869. The molecule has 0 spiro atoms. The van der Waals surface area contributed by atoms with E-state index in [4.69, 9.17) is 14.2 Å². The Hall–Kier alpha value is -3.88. The number of amides is 3. The van der Waals surface area contributed by atoms with Crippen LogP contribution in [0, 0.1) is 0 Å². The maximum absolute atomic E-state index is 13.3. The zero-order valence-electron chi connectivity index (χ0n) is 20.2. The van der Waals surface area contributed by atoms with Crippen molar-refractivity contribution in [3.63, 3.8) is 0 Å². The Bertz CT molecular complexity index is 1140. The van der Waals surface area contributed by atoms with Gasteiger partial charge in [0, 0.05) is 13.5 Å². The molecular weight excluding hydrogens is 482 g/mol. The summed E-state index contributed by atoms with van der Waals surface area (Å²) < 4.78 is 16.5. The van der Waals surface area contributed by atoms with Crippen LogP contribution in [0.5, 0.6) is 0 Å². The lowest BCUT2D eigenvalue weighted by molar-refractivity contribution is -0.727. The molecule has 200 valence electrons. The molecule has 0 saturated carbocycles. The maximum atomic E-state index is 13.3. The van der Waals surface area contributed by atoms with Crippen LogP contribution in [0.3, 0.4) is 0 Å². The molecule has 0 bridgehead atoms. The van der Waals surface area contributed by atoms with E-state index < -0.39 is 32.5 Å². The van der Waals surface area contributed by atoms with E-state index in [0.717, 1.165) is 16.7 Å². The Morgan fingerprint density at radius 3 is 1.29 bits per heavy atom. The fourth-order valence-electron chi connectivity index (χ4n) is 3.24. The minimum atomic E-state index is -0.918. The fraction of sp³-hybridized carbons (Fsp3) is 0.250.